The van der Waals surface area contributed by atoms with Gasteiger partial charge in [-0.3, -0.25) is 0 Å². The van der Waals surface area contributed by atoms with Gasteiger partial charge in [0.05, 0.1) is 12.4 Å². The minimum atomic E-state index is -0.792. The van der Waals surface area contributed by atoms with Crippen molar-refractivity contribution < 1.29 is 4.84 Å². The number of aliphatic imine (C=N–C) groups is 1. The van der Waals surface area contributed by atoms with Gasteiger partial charge in [-0.25, -0.2) is 14.9 Å². The van der Waals surface area contributed by atoms with E-state index in [1.54, 1.807) is 17.5 Å². The Morgan fingerprint density at radius 3 is 2.35 bits per heavy atom. The highest BCUT2D eigenvalue weighted by Crippen LogP contribution is 2.61. The molecule has 1 atom stereocenters. The van der Waals surface area contributed by atoms with Gasteiger partial charge in [0.1, 0.15) is 0 Å². The summed E-state index contributed by atoms with van der Waals surface area (Å²) < 4.78 is 0. The van der Waals surface area contributed by atoms with Gasteiger partial charge in [0.25, 0.3) is 0 Å². The average Bonchev–Trinajstić information content (AvgIpc) is 3.15. The van der Waals surface area contributed by atoms with Gasteiger partial charge in [0.15, 0.2) is 0 Å². The van der Waals surface area contributed by atoms with E-state index in [9.17, 15) is 0 Å². The summed E-state index contributed by atoms with van der Waals surface area (Å²) >= 11 is 0. The standard InChI is InChI=1S/C25H25N5O/c1-30-23(26)29-25(31-30)22-14-19(21-10-13-27-28-16-21)6-7-20(22)15-24(25)11-8-17-4-2-3-5-18(17)9-12-24/h2-7,10,13-14,16H,8-9,11-12,15H2,1H3,(H2,26,29). The Balaban J connectivity index is 1.49. The first-order valence-corrected chi connectivity index (χ1v) is 10.9. The van der Waals surface area contributed by atoms with Crippen LogP contribution in [0.2, 0.25) is 0 Å². The smallest absolute Gasteiger partial charge is 0.220 e. The number of rotatable bonds is 1. The third-order valence-corrected chi connectivity index (χ3v) is 7.37. The number of nitrogens with two attached hydrogens (primary N) is 1. The summed E-state index contributed by atoms with van der Waals surface area (Å²) in [6.07, 6.45) is 8.52. The van der Waals surface area contributed by atoms with Gasteiger partial charge in [-0.1, -0.05) is 36.4 Å². The van der Waals surface area contributed by atoms with E-state index in [-0.39, 0.29) is 5.41 Å². The van der Waals surface area contributed by atoms with Crippen LogP contribution in [0.15, 0.2) is 65.9 Å². The molecule has 6 rings (SSSR count). The van der Waals surface area contributed by atoms with Crippen molar-refractivity contribution in [2.45, 2.75) is 37.8 Å². The molecule has 31 heavy (non-hydrogen) atoms. The number of guanidine groups is 1. The topological polar surface area (TPSA) is 76.6 Å². The average molecular weight is 412 g/mol. The van der Waals surface area contributed by atoms with E-state index in [0.717, 1.165) is 48.8 Å². The van der Waals surface area contributed by atoms with Gasteiger partial charge in [0.2, 0.25) is 11.7 Å². The normalized spacial score (nSPS) is 23.5. The zero-order valence-corrected chi connectivity index (χ0v) is 17.6. The summed E-state index contributed by atoms with van der Waals surface area (Å²) in [5.74, 6) is 0.435. The fraction of sp³-hybridized carbons (Fsp3) is 0.320. The molecule has 3 aromatic rings. The summed E-state index contributed by atoms with van der Waals surface area (Å²) in [4.78, 5) is 11.6. The van der Waals surface area contributed by atoms with E-state index in [4.69, 9.17) is 15.6 Å². The van der Waals surface area contributed by atoms with Crippen molar-refractivity contribution in [2.75, 3.05) is 7.05 Å². The third kappa shape index (κ3) is 2.64. The number of hydroxylamine groups is 2. The first kappa shape index (κ1) is 18.5. The second kappa shape index (κ2) is 6.62. The van der Waals surface area contributed by atoms with Crippen LogP contribution in [-0.2, 0) is 29.8 Å². The van der Waals surface area contributed by atoms with Crippen LogP contribution in [0.1, 0.15) is 35.1 Å². The molecule has 0 saturated carbocycles. The molecule has 1 unspecified atom stereocenters. The van der Waals surface area contributed by atoms with Crippen LogP contribution in [0.25, 0.3) is 11.1 Å². The molecule has 2 aliphatic carbocycles. The number of benzene rings is 2. The molecule has 6 nitrogen and oxygen atoms in total. The van der Waals surface area contributed by atoms with Crippen LogP contribution >= 0.6 is 0 Å². The van der Waals surface area contributed by atoms with E-state index < -0.39 is 5.72 Å². The molecule has 0 bridgehead atoms. The maximum Gasteiger partial charge on any atom is 0.220 e. The van der Waals surface area contributed by atoms with Crippen LogP contribution in [-0.4, -0.2) is 28.3 Å². The first-order chi connectivity index (χ1) is 15.1. The van der Waals surface area contributed by atoms with Gasteiger partial charge >= 0.3 is 0 Å². The Bertz CT molecular complexity index is 1160. The van der Waals surface area contributed by atoms with Crippen LogP contribution < -0.4 is 5.73 Å². The number of nitrogens with zero attached hydrogens (tertiary/aromatic N) is 4. The lowest BCUT2D eigenvalue weighted by Crippen LogP contribution is -2.43. The monoisotopic (exact) mass is 411 g/mol. The molecule has 156 valence electrons. The van der Waals surface area contributed by atoms with Crippen molar-refractivity contribution in [2.24, 2.45) is 16.1 Å². The largest absolute Gasteiger partial charge is 0.368 e. The number of aromatic nitrogens is 2. The Labute approximate surface area is 181 Å². The molecule has 2 N–H and O–H groups in total. The van der Waals surface area contributed by atoms with Gasteiger partial charge < -0.3 is 5.73 Å². The van der Waals surface area contributed by atoms with E-state index in [0.29, 0.717) is 5.96 Å². The van der Waals surface area contributed by atoms with Gasteiger partial charge in [-0.2, -0.15) is 10.2 Å². The van der Waals surface area contributed by atoms with Crippen LogP contribution in [0, 0.1) is 5.41 Å². The van der Waals surface area contributed by atoms with Gasteiger partial charge in [-0.05, 0) is 66.5 Å². The third-order valence-electron chi connectivity index (χ3n) is 7.37. The van der Waals surface area contributed by atoms with Crippen molar-refractivity contribution in [3.8, 4) is 11.1 Å². The molecular formula is C25H25N5O. The number of fused-ring (bicyclic) bond motifs is 4. The SMILES string of the molecule is CN1OC2(N=C1N)c1cc(-c3ccnnc3)ccc1CC21CCc2ccccc2CC1. The summed E-state index contributed by atoms with van der Waals surface area (Å²) in [5, 5.41) is 9.60. The van der Waals surface area contributed by atoms with Crippen LogP contribution in [0.4, 0.5) is 0 Å². The number of hydrogen-bond acceptors (Lipinski definition) is 6. The quantitative estimate of drug-likeness (QED) is 0.662. The molecule has 0 fully saturated rings. The summed E-state index contributed by atoms with van der Waals surface area (Å²) in [5.41, 5.74) is 12.8. The molecule has 2 heterocycles. The zero-order valence-electron chi connectivity index (χ0n) is 17.6. The van der Waals surface area contributed by atoms with Crippen LogP contribution in [0.5, 0.6) is 0 Å². The Hall–Kier alpha value is -3.25. The van der Waals surface area contributed by atoms with Gasteiger partial charge in [0, 0.05) is 23.6 Å². The molecule has 1 aromatic heterocycles. The van der Waals surface area contributed by atoms with E-state index >= 15 is 0 Å². The summed E-state index contributed by atoms with van der Waals surface area (Å²) in [6, 6.07) is 17.4. The van der Waals surface area contributed by atoms with Gasteiger partial charge in [-0.15, -0.1) is 0 Å². The zero-order chi connectivity index (χ0) is 21.1. The minimum Gasteiger partial charge on any atom is -0.368 e. The fourth-order valence-electron chi connectivity index (χ4n) is 5.71. The predicted octanol–water partition coefficient (Wildman–Crippen LogP) is 3.61. The van der Waals surface area contributed by atoms with Crippen molar-refractivity contribution in [3.63, 3.8) is 0 Å². The highest BCUT2D eigenvalue weighted by molar-refractivity contribution is 5.79. The van der Waals surface area contributed by atoms with E-state index in [2.05, 4.69) is 52.7 Å². The molecular weight excluding hydrogens is 386 g/mol. The molecule has 0 saturated heterocycles. The fourth-order valence-corrected chi connectivity index (χ4v) is 5.71. The predicted molar refractivity (Wildman–Crippen MR) is 119 cm³/mol. The molecule has 2 aromatic carbocycles. The lowest BCUT2D eigenvalue weighted by molar-refractivity contribution is -0.224. The maximum absolute atomic E-state index is 6.56. The summed E-state index contributed by atoms with van der Waals surface area (Å²) in [6.45, 7) is 0. The minimum absolute atomic E-state index is 0.140. The molecule has 6 heteroatoms. The maximum atomic E-state index is 6.56. The van der Waals surface area contributed by atoms with Crippen molar-refractivity contribution in [1.82, 2.24) is 15.3 Å². The highest BCUT2D eigenvalue weighted by atomic mass is 16.7. The lowest BCUT2D eigenvalue weighted by atomic mass is 9.71. The number of hydrogen-bond donors (Lipinski definition) is 1. The summed E-state index contributed by atoms with van der Waals surface area (Å²) in [7, 11) is 1.85. The van der Waals surface area contributed by atoms with E-state index in [1.807, 2.05) is 13.1 Å². The second-order valence-corrected chi connectivity index (χ2v) is 8.93. The Morgan fingerprint density at radius 2 is 1.71 bits per heavy atom. The molecule has 0 radical (unpaired) electrons. The van der Waals surface area contributed by atoms with Crippen molar-refractivity contribution in [3.05, 3.63) is 83.2 Å². The van der Waals surface area contributed by atoms with Crippen molar-refractivity contribution in [1.29, 1.82) is 0 Å². The van der Waals surface area contributed by atoms with Crippen LogP contribution in [0.3, 0.4) is 0 Å². The second-order valence-electron chi connectivity index (χ2n) is 8.93. The lowest BCUT2D eigenvalue weighted by Gasteiger charge is -2.40. The Morgan fingerprint density at radius 1 is 0.935 bits per heavy atom. The molecule has 2 spiro atoms. The number of aryl methyl sites for hydroxylation is 2. The Kier molecular flexibility index (Phi) is 3.96. The molecule has 1 aliphatic heterocycles. The van der Waals surface area contributed by atoms with E-state index in [1.165, 1.54) is 16.7 Å². The molecule has 3 aliphatic rings. The molecule has 0 amide bonds. The highest BCUT2D eigenvalue weighted by Gasteiger charge is 2.62. The first-order valence-electron chi connectivity index (χ1n) is 10.9. The van der Waals surface area contributed by atoms with Crippen molar-refractivity contribution >= 4 is 5.96 Å².